The molecule has 4 atom stereocenters. The number of nitrogens with zero attached hydrogens (tertiary/aromatic N) is 2. The molecule has 3 aliphatic carbocycles. The summed E-state index contributed by atoms with van der Waals surface area (Å²) in [6.45, 7) is 11.9. The van der Waals surface area contributed by atoms with Crippen molar-refractivity contribution in [3.8, 4) is 0 Å². The second-order valence-electron chi connectivity index (χ2n) is 10.1. The van der Waals surface area contributed by atoms with Gasteiger partial charge in [-0.05, 0) is 39.5 Å². The fourth-order valence-electron chi connectivity index (χ4n) is 6.42. The molecule has 164 valence electrons. The molecule has 1 saturated carbocycles. The molecule has 2 saturated heterocycles. The first-order valence-corrected chi connectivity index (χ1v) is 11.6. The van der Waals surface area contributed by atoms with E-state index in [0.29, 0.717) is 25.7 Å². The first kappa shape index (κ1) is 21.3. The van der Waals surface area contributed by atoms with Crippen molar-refractivity contribution in [2.24, 2.45) is 35.5 Å². The maximum absolute atomic E-state index is 13.5. The van der Waals surface area contributed by atoms with Gasteiger partial charge < -0.3 is 0 Å². The van der Waals surface area contributed by atoms with Crippen LogP contribution in [0.25, 0.3) is 0 Å². The molecule has 0 spiro atoms. The minimum atomic E-state index is -0.525. The van der Waals surface area contributed by atoms with Crippen molar-refractivity contribution in [2.75, 3.05) is 0 Å². The molecule has 2 bridgehead atoms. The minimum absolute atomic E-state index is 0.151. The zero-order valence-electron chi connectivity index (χ0n) is 19.0. The van der Waals surface area contributed by atoms with E-state index in [9.17, 15) is 19.2 Å². The Kier molecular flexibility index (Phi) is 4.79. The van der Waals surface area contributed by atoms with Gasteiger partial charge in [0.25, 0.3) is 0 Å². The SMILES string of the molecule is CCC(C)(CC)N1C(=O)C2C3C=CC(C2C1=O)C1C(=O)N(C(C)(CC)CC)C(=O)C31. The number of allylic oxidation sites excluding steroid dienone is 2. The molecule has 5 aliphatic rings. The van der Waals surface area contributed by atoms with Crippen molar-refractivity contribution in [1.29, 1.82) is 0 Å². The van der Waals surface area contributed by atoms with Gasteiger partial charge in [0.15, 0.2) is 0 Å². The van der Waals surface area contributed by atoms with E-state index in [1.165, 1.54) is 9.80 Å². The van der Waals surface area contributed by atoms with Crippen LogP contribution in [0.3, 0.4) is 0 Å². The van der Waals surface area contributed by atoms with E-state index in [4.69, 9.17) is 0 Å². The third-order valence-electron chi connectivity index (χ3n) is 9.14. The van der Waals surface area contributed by atoms with Crippen LogP contribution in [0.1, 0.15) is 67.2 Å². The van der Waals surface area contributed by atoms with Gasteiger partial charge in [-0.25, -0.2) is 0 Å². The van der Waals surface area contributed by atoms with Gasteiger partial charge in [-0.1, -0.05) is 39.8 Å². The molecule has 6 nitrogen and oxygen atoms in total. The summed E-state index contributed by atoms with van der Waals surface area (Å²) in [5.74, 6) is -3.41. The van der Waals surface area contributed by atoms with Crippen LogP contribution >= 0.6 is 0 Å². The quantitative estimate of drug-likeness (QED) is 0.494. The predicted molar refractivity (Wildman–Crippen MR) is 112 cm³/mol. The fourth-order valence-corrected chi connectivity index (χ4v) is 6.42. The highest BCUT2D eigenvalue weighted by Gasteiger charge is 2.70. The molecule has 2 heterocycles. The van der Waals surface area contributed by atoms with Crippen LogP contribution in [0.2, 0.25) is 0 Å². The first-order chi connectivity index (χ1) is 14.1. The zero-order valence-corrected chi connectivity index (χ0v) is 19.0. The summed E-state index contributed by atoms with van der Waals surface area (Å²) in [6.07, 6.45) is 6.64. The van der Waals surface area contributed by atoms with Gasteiger partial charge in [0.1, 0.15) is 0 Å². The first-order valence-electron chi connectivity index (χ1n) is 11.6. The number of hydrogen-bond donors (Lipinski definition) is 0. The summed E-state index contributed by atoms with van der Waals surface area (Å²) in [4.78, 5) is 57.1. The van der Waals surface area contributed by atoms with Crippen LogP contribution in [0.4, 0.5) is 0 Å². The normalized spacial score (nSPS) is 35.5. The summed E-state index contributed by atoms with van der Waals surface area (Å²) in [5, 5.41) is 0. The van der Waals surface area contributed by atoms with E-state index in [1.54, 1.807) is 0 Å². The van der Waals surface area contributed by atoms with E-state index in [2.05, 4.69) is 0 Å². The Bertz CT molecular complexity index is 726. The third-order valence-corrected chi connectivity index (χ3v) is 9.14. The summed E-state index contributed by atoms with van der Waals surface area (Å²) in [7, 11) is 0. The van der Waals surface area contributed by atoms with E-state index >= 15 is 0 Å². The zero-order chi connectivity index (χ0) is 22.2. The Hall–Kier alpha value is -1.98. The monoisotopic (exact) mass is 414 g/mol. The van der Waals surface area contributed by atoms with Crippen molar-refractivity contribution in [3.63, 3.8) is 0 Å². The van der Waals surface area contributed by atoms with Crippen molar-refractivity contribution in [2.45, 2.75) is 78.3 Å². The number of hydrogen-bond acceptors (Lipinski definition) is 4. The Morgan fingerprint density at radius 1 is 0.600 bits per heavy atom. The van der Waals surface area contributed by atoms with Crippen LogP contribution in [-0.4, -0.2) is 44.5 Å². The lowest BCUT2D eigenvalue weighted by molar-refractivity contribution is -0.147. The Morgan fingerprint density at radius 2 is 0.833 bits per heavy atom. The molecule has 4 unspecified atom stereocenters. The van der Waals surface area contributed by atoms with E-state index in [1.807, 2.05) is 53.7 Å². The smallest absolute Gasteiger partial charge is 0.234 e. The maximum atomic E-state index is 13.5. The number of amides is 4. The molecule has 0 aromatic rings. The standard InChI is InChI=1S/C24H34N2O4/c1-7-23(5,8-2)25-19(27)15-13-11-12-14(16(15)20(25)28)18-17(13)21(29)26(22(18)30)24(6,9-3)10-4/h11-18H,7-10H2,1-6H3. The number of imide groups is 2. The van der Waals surface area contributed by atoms with Crippen LogP contribution in [0, 0.1) is 35.5 Å². The maximum Gasteiger partial charge on any atom is 0.234 e. The molecule has 4 amide bonds. The van der Waals surface area contributed by atoms with E-state index < -0.39 is 34.7 Å². The lowest BCUT2D eigenvalue weighted by Crippen LogP contribution is -2.50. The number of carbonyl (C=O) groups is 4. The summed E-state index contributed by atoms with van der Waals surface area (Å²) in [6, 6.07) is 0. The second-order valence-corrected chi connectivity index (χ2v) is 10.1. The number of likely N-dealkylation sites (tertiary alicyclic amines) is 2. The average molecular weight is 415 g/mol. The molecular weight excluding hydrogens is 380 g/mol. The van der Waals surface area contributed by atoms with Gasteiger partial charge in [0.2, 0.25) is 23.6 Å². The summed E-state index contributed by atoms with van der Waals surface area (Å²) >= 11 is 0. The third kappa shape index (κ3) is 2.36. The van der Waals surface area contributed by atoms with Crippen LogP contribution < -0.4 is 0 Å². The molecule has 2 aliphatic heterocycles. The highest BCUT2D eigenvalue weighted by atomic mass is 16.2. The molecule has 30 heavy (non-hydrogen) atoms. The predicted octanol–water partition coefficient (Wildman–Crippen LogP) is 3.16. The molecule has 3 fully saturated rings. The van der Waals surface area contributed by atoms with Gasteiger partial charge in [0.05, 0.1) is 23.7 Å². The van der Waals surface area contributed by atoms with E-state index in [-0.39, 0.29) is 35.5 Å². The van der Waals surface area contributed by atoms with Gasteiger partial charge in [-0.2, -0.15) is 0 Å². The molecule has 0 N–H and O–H groups in total. The fraction of sp³-hybridized carbons (Fsp3) is 0.750. The number of carbonyl (C=O) groups excluding carboxylic acids is 4. The molecule has 0 radical (unpaired) electrons. The summed E-state index contributed by atoms with van der Waals surface area (Å²) in [5.41, 5.74) is -1.05. The van der Waals surface area contributed by atoms with Crippen molar-refractivity contribution >= 4 is 23.6 Å². The van der Waals surface area contributed by atoms with Gasteiger partial charge >= 0.3 is 0 Å². The number of rotatable bonds is 6. The largest absolute Gasteiger partial charge is 0.276 e. The van der Waals surface area contributed by atoms with Gasteiger partial charge in [0, 0.05) is 22.9 Å². The summed E-state index contributed by atoms with van der Waals surface area (Å²) < 4.78 is 0. The van der Waals surface area contributed by atoms with Crippen LogP contribution in [0.15, 0.2) is 12.2 Å². The molecular formula is C24H34N2O4. The lowest BCUT2D eigenvalue weighted by atomic mass is 9.54. The second kappa shape index (κ2) is 6.76. The van der Waals surface area contributed by atoms with Crippen molar-refractivity contribution < 1.29 is 19.2 Å². The molecule has 6 heteroatoms. The highest BCUT2D eigenvalue weighted by Crippen LogP contribution is 2.59. The van der Waals surface area contributed by atoms with E-state index in [0.717, 1.165) is 0 Å². The Balaban J connectivity index is 1.76. The van der Waals surface area contributed by atoms with Gasteiger partial charge in [-0.15, -0.1) is 0 Å². The van der Waals surface area contributed by atoms with Crippen molar-refractivity contribution in [3.05, 3.63) is 12.2 Å². The Morgan fingerprint density at radius 3 is 1.03 bits per heavy atom. The topological polar surface area (TPSA) is 74.8 Å². The van der Waals surface area contributed by atoms with Gasteiger partial charge in [-0.3, -0.25) is 29.0 Å². The minimum Gasteiger partial charge on any atom is -0.276 e. The van der Waals surface area contributed by atoms with Crippen molar-refractivity contribution in [1.82, 2.24) is 9.80 Å². The van der Waals surface area contributed by atoms with Crippen LogP contribution in [0.5, 0.6) is 0 Å². The highest BCUT2D eigenvalue weighted by molar-refractivity contribution is 6.11. The molecule has 0 aromatic heterocycles. The van der Waals surface area contributed by atoms with Crippen LogP contribution in [-0.2, 0) is 19.2 Å². The molecule has 5 rings (SSSR count). The molecule has 0 aromatic carbocycles. The lowest BCUT2D eigenvalue weighted by Gasteiger charge is -2.44. The average Bonchev–Trinajstić information content (AvgIpc) is 3.20. The Labute approximate surface area is 179 Å².